The SMILES string of the molecule is B.Fc1ccc(-c2ccccc2)c(F)c1F. The van der Waals surface area contributed by atoms with Crippen LogP contribution in [-0.4, -0.2) is 8.41 Å². The first-order chi connectivity index (χ1) is 7.20. The van der Waals surface area contributed by atoms with Crippen molar-refractivity contribution in [1.82, 2.24) is 0 Å². The summed E-state index contributed by atoms with van der Waals surface area (Å²) in [6.45, 7) is 0. The molecule has 0 aliphatic carbocycles. The molecule has 0 saturated heterocycles. The molecule has 0 aliphatic rings. The molecular weight excluding hydrogens is 212 g/mol. The minimum absolute atomic E-state index is 0. The average molecular weight is 222 g/mol. The molecule has 0 nitrogen and oxygen atoms in total. The minimum atomic E-state index is -1.43. The Morgan fingerprint density at radius 3 is 1.94 bits per heavy atom. The Hall–Kier alpha value is -1.71. The lowest BCUT2D eigenvalue weighted by Crippen LogP contribution is -1.93. The van der Waals surface area contributed by atoms with Gasteiger partial charge >= 0.3 is 0 Å². The molecule has 0 radical (unpaired) electrons. The summed E-state index contributed by atoms with van der Waals surface area (Å²) in [6, 6.07) is 10.6. The molecule has 0 N–H and O–H groups in total. The second kappa shape index (κ2) is 4.88. The molecule has 0 amide bonds. The standard InChI is InChI=1S/C12H7F3.BH3/c13-10-7-6-9(11(14)12(10)15)8-4-2-1-3-5-8;/h1-7H;1H3. The Bertz CT molecular complexity index is 483. The minimum Gasteiger partial charge on any atom is -0.204 e. The van der Waals surface area contributed by atoms with Crippen molar-refractivity contribution in [2.45, 2.75) is 0 Å². The Kier molecular flexibility index (Phi) is 3.77. The molecule has 0 saturated carbocycles. The van der Waals surface area contributed by atoms with E-state index < -0.39 is 17.5 Å². The van der Waals surface area contributed by atoms with Gasteiger partial charge < -0.3 is 0 Å². The van der Waals surface area contributed by atoms with Crippen LogP contribution < -0.4 is 0 Å². The molecule has 2 aromatic carbocycles. The van der Waals surface area contributed by atoms with Crippen molar-refractivity contribution in [2.24, 2.45) is 0 Å². The van der Waals surface area contributed by atoms with Crippen molar-refractivity contribution >= 4 is 8.41 Å². The van der Waals surface area contributed by atoms with Gasteiger partial charge in [0.1, 0.15) is 0 Å². The highest BCUT2D eigenvalue weighted by Gasteiger charge is 2.13. The molecule has 0 unspecified atom stereocenters. The van der Waals surface area contributed by atoms with E-state index in [1.54, 1.807) is 30.3 Å². The summed E-state index contributed by atoms with van der Waals surface area (Å²) in [5.41, 5.74) is 0.586. The second-order valence-electron chi connectivity index (χ2n) is 3.09. The molecule has 0 heterocycles. The van der Waals surface area contributed by atoms with Gasteiger partial charge in [-0.3, -0.25) is 0 Å². The van der Waals surface area contributed by atoms with Crippen LogP contribution in [0.2, 0.25) is 0 Å². The first-order valence-corrected chi connectivity index (χ1v) is 4.39. The van der Waals surface area contributed by atoms with Gasteiger partial charge in [0.2, 0.25) is 0 Å². The number of hydrogen-bond donors (Lipinski definition) is 0. The van der Waals surface area contributed by atoms with Gasteiger partial charge in [-0.2, -0.15) is 0 Å². The number of rotatable bonds is 1. The van der Waals surface area contributed by atoms with E-state index in [2.05, 4.69) is 0 Å². The van der Waals surface area contributed by atoms with Crippen LogP contribution in [0.3, 0.4) is 0 Å². The maximum atomic E-state index is 13.3. The molecule has 2 rings (SSSR count). The van der Waals surface area contributed by atoms with Crippen LogP contribution in [-0.2, 0) is 0 Å². The Labute approximate surface area is 93.3 Å². The summed E-state index contributed by atoms with van der Waals surface area (Å²) in [5, 5.41) is 0. The first kappa shape index (κ1) is 12.4. The molecule has 0 spiro atoms. The van der Waals surface area contributed by atoms with E-state index in [4.69, 9.17) is 0 Å². The fourth-order valence-electron chi connectivity index (χ4n) is 1.37. The fourth-order valence-corrected chi connectivity index (χ4v) is 1.37. The van der Waals surface area contributed by atoms with Crippen LogP contribution in [0.15, 0.2) is 42.5 Å². The molecule has 0 atom stereocenters. The Morgan fingerprint density at radius 2 is 1.31 bits per heavy atom. The number of benzene rings is 2. The highest BCUT2D eigenvalue weighted by atomic mass is 19.2. The van der Waals surface area contributed by atoms with E-state index in [0.29, 0.717) is 5.56 Å². The second-order valence-corrected chi connectivity index (χ2v) is 3.09. The monoisotopic (exact) mass is 222 g/mol. The zero-order valence-electron chi connectivity index (χ0n) is 7.68. The quantitative estimate of drug-likeness (QED) is 0.513. The predicted molar refractivity (Wildman–Crippen MR) is 61.7 cm³/mol. The largest absolute Gasteiger partial charge is 0.204 e. The fraction of sp³-hybridized carbons (Fsp3) is 0. The smallest absolute Gasteiger partial charge is 0.195 e. The number of halogens is 3. The summed E-state index contributed by atoms with van der Waals surface area (Å²) >= 11 is 0. The van der Waals surface area contributed by atoms with E-state index in [9.17, 15) is 13.2 Å². The molecule has 82 valence electrons. The highest BCUT2D eigenvalue weighted by Crippen LogP contribution is 2.25. The molecule has 2 aromatic rings. The summed E-state index contributed by atoms with van der Waals surface area (Å²) in [5.74, 6) is -3.76. The van der Waals surface area contributed by atoms with Gasteiger partial charge in [0.15, 0.2) is 17.5 Å². The molecule has 0 aromatic heterocycles. The van der Waals surface area contributed by atoms with Crippen molar-refractivity contribution < 1.29 is 13.2 Å². The van der Waals surface area contributed by atoms with E-state index in [1.807, 2.05) is 0 Å². The average Bonchev–Trinajstić information content (AvgIpc) is 2.27. The lowest BCUT2D eigenvalue weighted by atomic mass is 10.1. The van der Waals surface area contributed by atoms with Crippen LogP contribution in [0, 0.1) is 17.5 Å². The highest BCUT2D eigenvalue weighted by molar-refractivity contribution is 5.75. The van der Waals surface area contributed by atoms with Crippen LogP contribution >= 0.6 is 0 Å². The van der Waals surface area contributed by atoms with Crippen molar-refractivity contribution in [3.8, 4) is 11.1 Å². The van der Waals surface area contributed by atoms with Gasteiger partial charge in [0.05, 0.1) is 8.41 Å². The topological polar surface area (TPSA) is 0 Å². The summed E-state index contributed by atoms with van der Waals surface area (Å²) in [4.78, 5) is 0. The van der Waals surface area contributed by atoms with Crippen molar-refractivity contribution in [1.29, 1.82) is 0 Å². The lowest BCUT2D eigenvalue weighted by molar-refractivity contribution is 0.449. The normalized spacial score (nSPS) is 9.69. The molecule has 0 fully saturated rings. The van der Waals surface area contributed by atoms with Crippen LogP contribution in [0.25, 0.3) is 11.1 Å². The Balaban J connectivity index is 0.00000128. The summed E-state index contributed by atoms with van der Waals surface area (Å²) in [7, 11) is 0. The maximum absolute atomic E-state index is 13.3. The zero-order chi connectivity index (χ0) is 10.8. The Morgan fingerprint density at radius 1 is 0.688 bits per heavy atom. The molecule has 16 heavy (non-hydrogen) atoms. The summed E-state index contributed by atoms with van der Waals surface area (Å²) < 4.78 is 38.9. The van der Waals surface area contributed by atoms with Gasteiger partial charge in [0, 0.05) is 5.56 Å². The van der Waals surface area contributed by atoms with Crippen molar-refractivity contribution in [2.75, 3.05) is 0 Å². The van der Waals surface area contributed by atoms with E-state index in [1.165, 1.54) is 6.07 Å². The zero-order valence-corrected chi connectivity index (χ0v) is 7.68. The molecule has 4 heteroatoms. The molecular formula is C12H10BF3. The first-order valence-electron chi connectivity index (χ1n) is 4.39. The third kappa shape index (κ3) is 2.11. The third-order valence-corrected chi connectivity index (χ3v) is 2.12. The van der Waals surface area contributed by atoms with Crippen molar-refractivity contribution in [3.63, 3.8) is 0 Å². The van der Waals surface area contributed by atoms with Crippen LogP contribution in [0.5, 0.6) is 0 Å². The number of hydrogen-bond acceptors (Lipinski definition) is 0. The molecule has 0 aliphatic heterocycles. The van der Waals surface area contributed by atoms with Gasteiger partial charge in [-0.05, 0) is 17.7 Å². The van der Waals surface area contributed by atoms with Gasteiger partial charge in [0.25, 0.3) is 0 Å². The predicted octanol–water partition coefficient (Wildman–Crippen LogP) is 2.59. The lowest BCUT2D eigenvalue weighted by Gasteiger charge is -2.04. The van der Waals surface area contributed by atoms with Crippen LogP contribution in [0.1, 0.15) is 0 Å². The van der Waals surface area contributed by atoms with E-state index in [-0.39, 0.29) is 14.0 Å². The van der Waals surface area contributed by atoms with E-state index >= 15 is 0 Å². The van der Waals surface area contributed by atoms with E-state index in [0.717, 1.165) is 6.07 Å². The van der Waals surface area contributed by atoms with Gasteiger partial charge in [-0.15, -0.1) is 0 Å². The maximum Gasteiger partial charge on any atom is 0.195 e. The van der Waals surface area contributed by atoms with Gasteiger partial charge in [-0.1, -0.05) is 30.3 Å². The van der Waals surface area contributed by atoms with Crippen LogP contribution in [0.4, 0.5) is 13.2 Å². The third-order valence-electron chi connectivity index (χ3n) is 2.12. The van der Waals surface area contributed by atoms with Gasteiger partial charge in [-0.25, -0.2) is 13.2 Å². The summed E-state index contributed by atoms with van der Waals surface area (Å²) in [6.07, 6.45) is 0. The molecule has 0 bridgehead atoms. The van der Waals surface area contributed by atoms with Crippen molar-refractivity contribution in [3.05, 3.63) is 59.9 Å².